The molecule has 0 aromatic carbocycles. The highest BCUT2D eigenvalue weighted by atomic mass is 15.4. The molecule has 0 aliphatic heterocycles. The van der Waals surface area contributed by atoms with Gasteiger partial charge < -0.3 is 0 Å². The Balaban J connectivity index is 2.72. The number of aromatic nitrogens is 4. The smallest absolute Gasteiger partial charge is 0.116 e. The van der Waals surface area contributed by atoms with Gasteiger partial charge in [0.2, 0.25) is 0 Å². The van der Waals surface area contributed by atoms with E-state index in [1.807, 2.05) is 10.7 Å². The van der Waals surface area contributed by atoms with Crippen molar-refractivity contribution < 1.29 is 0 Å². The van der Waals surface area contributed by atoms with E-state index in [0.717, 1.165) is 11.0 Å². The largest absolute Gasteiger partial charge is 0.262 e. The minimum atomic E-state index is -0.0439. The SMILES string of the molecule is CC(C)(C)n1nnc2ccncc21. The number of hydrogen-bond donors (Lipinski definition) is 0. The molecule has 4 nitrogen and oxygen atoms in total. The van der Waals surface area contributed by atoms with Gasteiger partial charge >= 0.3 is 0 Å². The standard InChI is InChI=1S/C9H12N4/c1-9(2,3)13-8-6-10-5-4-7(8)11-12-13/h4-6H,1-3H3. The molecule has 0 saturated heterocycles. The van der Waals surface area contributed by atoms with E-state index < -0.39 is 0 Å². The zero-order valence-electron chi connectivity index (χ0n) is 8.02. The summed E-state index contributed by atoms with van der Waals surface area (Å²) in [6.45, 7) is 6.27. The van der Waals surface area contributed by atoms with E-state index in [4.69, 9.17) is 0 Å². The van der Waals surface area contributed by atoms with Gasteiger partial charge in [0.1, 0.15) is 11.0 Å². The Morgan fingerprint density at radius 2 is 2.08 bits per heavy atom. The molecule has 0 amide bonds. The summed E-state index contributed by atoms with van der Waals surface area (Å²) in [6.07, 6.45) is 3.52. The van der Waals surface area contributed by atoms with Crippen molar-refractivity contribution in [2.45, 2.75) is 26.3 Å². The van der Waals surface area contributed by atoms with Gasteiger partial charge in [-0.15, -0.1) is 5.10 Å². The highest BCUT2D eigenvalue weighted by molar-refractivity contribution is 5.72. The van der Waals surface area contributed by atoms with Crippen LogP contribution >= 0.6 is 0 Å². The highest BCUT2D eigenvalue weighted by Crippen LogP contribution is 2.18. The van der Waals surface area contributed by atoms with E-state index in [9.17, 15) is 0 Å². The monoisotopic (exact) mass is 176 g/mol. The Morgan fingerprint density at radius 1 is 1.31 bits per heavy atom. The molecular weight excluding hydrogens is 164 g/mol. The van der Waals surface area contributed by atoms with Gasteiger partial charge in [0.25, 0.3) is 0 Å². The van der Waals surface area contributed by atoms with Crippen LogP contribution in [-0.4, -0.2) is 20.0 Å². The summed E-state index contributed by atoms with van der Waals surface area (Å²) in [5, 5.41) is 8.15. The van der Waals surface area contributed by atoms with Crippen LogP contribution in [0.2, 0.25) is 0 Å². The third kappa shape index (κ3) is 1.28. The van der Waals surface area contributed by atoms with Crippen LogP contribution in [-0.2, 0) is 5.54 Å². The van der Waals surface area contributed by atoms with Crippen LogP contribution in [0.5, 0.6) is 0 Å². The van der Waals surface area contributed by atoms with Gasteiger partial charge in [0, 0.05) is 6.20 Å². The first-order valence-electron chi connectivity index (χ1n) is 4.25. The Hall–Kier alpha value is -1.45. The van der Waals surface area contributed by atoms with E-state index in [1.165, 1.54) is 0 Å². The number of fused-ring (bicyclic) bond motifs is 1. The molecule has 68 valence electrons. The molecule has 0 spiro atoms. The van der Waals surface area contributed by atoms with Crippen LogP contribution in [0.25, 0.3) is 11.0 Å². The first kappa shape index (κ1) is 8.16. The Morgan fingerprint density at radius 3 is 2.77 bits per heavy atom. The van der Waals surface area contributed by atoms with Crippen LogP contribution in [0.15, 0.2) is 18.5 Å². The highest BCUT2D eigenvalue weighted by Gasteiger charge is 2.17. The first-order valence-corrected chi connectivity index (χ1v) is 4.25. The van der Waals surface area contributed by atoms with Gasteiger partial charge in [-0.3, -0.25) is 4.98 Å². The fraction of sp³-hybridized carbons (Fsp3) is 0.444. The maximum Gasteiger partial charge on any atom is 0.116 e. The predicted molar refractivity (Wildman–Crippen MR) is 50.3 cm³/mol. The molecule has 0 aliphatic rings. The first-order chi connectivity index (χ1) is 6.09. The van der Waals surface area contributed by atoms with E-state index in [2.05, 4.69) is 36.1 Å². The minimum Gasteiger partial charge on any atom is -0.262 e. The second-order valence-electron chi connectivity index (χ2n) is 4.04. The van der Waals surface area contributed by atoms with Gasteiger partial charge in [0.15, 0.2) is 0 Å². The Kier molecular flexibility index (Phi) is 1.58. The molecule has 0 unspecified atom stereocenters. The van der Waals surface area contributed by atoms with Gasteiger partial charge in [-0.05, 0) is 26.8 Å². The third-order valence-corrected chi connectivity index (χ3v) is 1.88. The van der Waals surface area contributed by atoms with Gasteiger partial charge in [-0.1, -0.05) is 5.21 Å². The summed E-state index contributed by atoms with van der Waals surface area (Å²) < 4.78 is 1.88. The molecule has 2 rings (SSSR count). The lowest BCUT2D eigenvalue weighted by Crippen LogP contribution is -2.23. The molecule has 0 aliphatic carbocycles. The molecule has 0 bridgehead atoms. The molecule has 13 heavy (non-hydrogen) atoms. The lowest BCUT2D eigenvalue weighted by molar-refractivity contribution is 0.358. The van der Waals surface area contributed by atoms with Crippen molar-refractivity contribution >= 4 is 11.0 Å². The quantitative estimate of drug-likeness (QED) is 0.612. The average molecular weight is 176 g/mol. The van der Waals surface area contributed by atoms with E-state index in [1.54, 1.807) is 12.4 Å². The Labute approximate surface area is 76.6 Å². The van der Waals surface area contributed by atoms with Crippen molar-refractivity contribution in [2.75, 3.05) is 0 Å². The molecule has 2 heterocycles. The summed E-state index contributed by atoms with van der Waals surface area (Å²) >= 11 is 0. The molecule has 0 saturated carbocycles. The zero-order valence-corrected chi connectivity index (χ0v) is 8.02. The zero-order chi connectivity index (χ0) is 9.47. The van der Waals surface area contributed by atoms with Crippen LogP contribution in [0, 0.1) is 0 Å². The van der Waals surface area contributed by atoms with Gasteiger partial charge in [0.05, 0.1) is 11.7 Å². The van der Waals surface area contributed by atoms with E-state index >= 15 is 0 Å². The average Bonchev–Trinajstić information content (AvgIpc) is 2.45. The van der Waals surface area contributed by atoms with Crippen LogP contribution in [0.3, 0.4) is 0 Å². The molecule has 2 aromatic rings. The second kappa shape index (κ2) is 2.52. The second-order valence-corrected chi connectivity index (χ2v) is 4.04. The number of nitrogens with zero attached hydrogens (tertiary/aromatic N) is 4. The summed E-state index contributed by atoms with van der Waals surface area (Å²) in [6, 6.07) is 1.87. The normalized spacial score (nSPS) is 12.2. The van der Waals surface area contributed by atoms with Crippen molar-refractivity contribution in [2.24, 2.45) is 0 Å². The van der Waals surface area contributed by atoms with Crippen molar-refractivity contribution in [1.29, 1.82) is 0 Å². The molecule has 0 atom stereocenters. The summed E-state index contributed by atoms with van der Waals surface area (Å²) in [7, 11) is 0. The summed E-state index contributed by atoms with van der Waals surface area (Å²) in [4.78, 5) is 4.06. The van der Waals surface area contributed by atoms with Crippen LogP contribution < -0.4 is 0 Å². The number of hydrogen-bond acceptors (Lipinski definition) is 3. The van der Waals surface area contributed by atoms with Gasteiger partial charge in [-0.2, -0.15) is 0 Å². The fourth-order valence-corrected chi connectivity index (χ4v) is 1.26. The predicted octanol–water partition coefficient (Wildman–Crippen LogP) is 1.58. The van der Waals surface area contributed by atoms with Crippen molar-refractivity contribution in [1.82, 2.24) is 20.0 Å². The molecule has 0 N–H and O–H groups in total. The fourth-order valence-electron chi connectivity index (χ4n) is 1.26. The van der Waals surface area contributed by atoms with Crippen molar-refractivity contribution in [3.63, 3.8) is 0 Å². The summed E-state index contributed by atoms with van der Waals surface area (Å²) in [5.74, 6) is 0. The molecule has 0 radical (unpaired) electrons. The van der Waals surface area contributed by atoms with Crippen molar-refractivity contribution in [3.05, 3.63) is 18.5 Å². The number of pyridine rings is 1. The molecule has 0 fully saturated rings. The maximum absolute atomic E-state index is 4.09. The van der Waals surface area contributed by atoms with Crippen molar-refractivity contribution in [3.8, 4) is 0 Å². The molecule has 2 aromatic heterocycles. The lowest BCUT2D eigenvalue weighted by atomic mass is 10.1. The third-order valence-electron chi connectivity index (χ3n) is 1.88. The summed E-state index contributed by atoms with van der Waals surface area (Å²) in [5.41, 5.74) is 1.83. The maximum atomic E-state index is 4.09. The minimum absolute atomic E-state index is 0.0439. The van der Waals surface area contributed by atoms with E-state index in [0.29, 0.717) is 0 Å². The lowest BCUT2D eigenvalue weighted by Gasteiger charge is -2.18. The molecule has 4 heteroatoms. The van der Waals surface area contributed by atoms with Crippen LogP contribution in [0.1, 0.15) is 20.8 Å². The molecular formula is C9H12N4. The van der Waals surface area contributed by atoms with Gasteiger partial charge in [-0.25, -0.2) is 4.68 Å². The topological polar surface area (TPSA) is 43.6 Å². The van der Waals surface area contributed by atoms with E-state index in [-0.39, 0.29) is 5.54 Å². The van der Waals surface area contributed by atoms with Crippen LogP contribution in [0.4, 0.5) is 0 Å². The Bertz CT molecular complexity index is 424. The number of rotatable bonds is 0.